The van der Waals surface area contributed by atoms with E-state index in [4.69, 9.17) is 0 Å². The topological polar surface area (TPSA) is 17.1 Å². The van der Waals surface area contributed by atoms with Gasteiger partial charge in [-0.1, -0.05) is 64.0 Å². The van der Waals surface area contributed by atoms with E-state index in [1.807, 2.05) is 0 Å². The summed E-state index contributed by atoms with van der Waals surface area (Å²) >= 11 is 3.50. The van der Waals surface area contributed by atoms with Crippen molar-refractivity contribution in [1.29, 1.82) is 0 Å². The predicted molar refractivity (Wildman–Crippen MR) is 86.8 cm³/mol. The molecule has 1 atom stereocenters. The van der Waals surface area contributed by atoms with Crippen molar-refractivity contribution in [2.75, 3.05) is 5.33 Å². The summed E-state index contributed by atoms with van der Waals surface area (Å²) < 4.78 is 0. The zero-order chi connectivity index (χ0) is 14.0. The van der Waals surface area contributed by atoms with Gasteiger partial charge in [-0.2, -0.15) is 0 Å². The Morgan fingerprint density at radius 1 is 1.30 bits per heavy atom. The molecule has 3 rings (SSSR count). The molecule has 0 heterocycles. The molecule has 3 aliphatic rings. The van der Waals surface area contributed by atoms with Gasteiger partial charge in [0.2, 0.25) is 0 Å². The maximum absolute atomic E-state index is 11.8. The van der Waals surface area contributed by atoms with Gasteiger partial charge in [-0.25, -0.2) is 0 Å². The van der Waals surface area contributed by atoms with E-state index in [1.165, 1.54) is 16.7 Å². The summed E-state index contributed by atoms with van der Waals surface area (Å²) in [6.45, 7) is 0. The molecule has 1 saturated carbocycles. The smallest absolute Gasteiger partial charge is 0.137 e. The molecular formula is C18H19BrO. The van der Waals surface area contributed by atoms with Gasteiger partial charge in [-0.05, 0) is 30.4 Å². The number of ketones is 1. The first kappa shape index (κ1) is 13.8. The zero-order valence-electron chi connectivity index (χ0n) is 11.6. The largest absolute Gasteiger partial charge is 0.299 e. The van der Waals surface area contributed by atoms with E-state index in [0.29, 0.717) is 18.6 Å². The summed E-state index contributed by atoms with van der Waals surface area (Å²) in [4.78, 5) is 11.8. The highest BCUT2D eigenvalue weighted by atomic mass is 79.9. The average Bonchev–Trinajstić information content (AvgIpc) is 2.62. The van der Waals surface area contributed by atoms with Crippen molar-refractivity contribution in [1.82, 2.24) is 0 Å². The summed E-state index contributed by atoms with van der Waals surface area (Å²) in [5, 5.41) is 0.985. The molecule has 0 saturated heterocycles. The normalized spacial score (nSPS) is 30.4. The average molecular weight is 331 g/mol. The minimum atomic E-state index is 0.0737. The number of hydrogen-bond acceptors (Lipinski definition) is 1. The second kappa shape index (κ2) is 5.69. The second-order valence-electron chi connectivity index (χ2n) is 5.70. The number of Topliss-reactive ketones (excluding diaryl/α,β-unsaturated/α-hetero) is 1. The highest BCUT2D eigenvalue weighted by Crippen LogP contribution is 2.53. The van der Waals surface area contributed by atoms with Crippen LogP contribution in [0.3, 0.4) is 0 Å². The molecule has 1 nitrogen and oxygen atoms in total. The molecule has 0 aromatic rings. The van der Waals surface area contributed by atoms with Gasteiger partial charge in [-0.3, -0.25) is 4.79 Å². The molecule has 0 aliphatic heterocycles. The van der Waals surface area contributed by atoms with Crippen molar-refractivity contribution in [3.8, 4) is 0 Å². The fourth-order valence-electron chi connectivity index (χ4n) is 3.56. The summed E-state index contributed by atoms with van der Waals surface area (Å²) in [6, 6.07) is 0. The molecule has 0 bridgehead atoms. The number of rotatable bonds is 2. The lowest BCUT2D eigenvalue weighted by molar-refractivity contribution is -0.120. The Morgan fingerprint density at radius 2 is 2.20 bits per heavy atom. The van der Waals surface area contributed by atoms with E-state index in [-0.39, 0.29) is 5.41 Å². The van der Waals surface area contributed by atoms with Crippen molar-refractivity contribution >= 4 is 21.7 Å². The van der Waals surface area contributed by atoms with Gasteiger partial charge in [0.05, 0.1) is 0 Å². The Morgan fingerprint density at radius 3 is 3.05 bits per heavy atom. The molecule has 0 aromatic heterocycles. The number of alkyl halides is 1. The molecule has 0 aromatic carbocycles. The molecule has 0 radical (unpaired) electrons. The SMILES string of the molecule is O=C1CCC23CC=CC=C2C(=CCCBr)C=CC=C3C1. The number of carbonyl (C=O) groups excluding carboxylic acids is 1. The first-order valence-corrected chi connectivity index (χ1v) is 8.42. The summed E-state index contributed by atoms with van der Waals surface area (Å²) in [7, 11) is 0. The van der Waals surface area contributed by atoms with Crippen LogP contribution in [0.2, 0.25) is 0 Å². The fourth-order valence-corrected chi connectivity index (χ4v) is 3.79. The Balaban J connectivity index is 2.07. The third-order valence-corrected chi connectivity index (χ3v) is 5.03. The lowest BCUT2D eigenvalue weighted by atomic mass is 9.61. The van der Waals surface area contributed by atoms with E-state index in [1.54, 1.807) is 0 Å². The van der Waals surface area contributed by atoms with Crippen LogP contribution in [0.1, 0.15) is 32.1 Å². The third-order valence-electron chi connectivity index (χ3n) is 4.57. The molecular weight excluding hydrogens is 312 g/mol. The number of hydrogen-bond donors (Lipinski definition) is 0. The zero-order valence-corrected chi connectivity index (χ0v) is 13.2. The second-order valence-corrected chi connectivity index (χ2v) is 6.49. The first-order chi connectivity index (χ1) is 9.76. The predicted octanol–water partition coefficient (Wildman–Crippen LogP) is 4.82. The molecule has 2 heteroatoms. The van der Waals surface area contributed by atoms with Crippen LogP contribution in [0, 0.1) is 5.41 Å². The van der Waals surface area contributed by atoms with E-state index >= 15 is 0 Å². The van der Waals surface area contributed by atoms with Crippen molar-refractivity contribution in [3.05, 3.63) is 59.3 Å². The lowest BCUT2D eigenvalue weighted by Gasteiger charge is -2.42. The van der Waals surface area contributed by atoms with Crippen LogP contribution in [0.5, 0.6) is 0 Å². The van der Waals surface area contributed by atoms with Gasteiger partial charge in [0.25, 0.3) is 0 Å². The molecule has 1 spiro atoms. The highest BCUT2D eigenvalue weighted by molar-refractivity contribution is 9.09. The van der Waals surface area contributed by atoms with Crippen LogP contribution in [-0.2, 0) is 4.79 Å². The summed E-state index contributed by atoms with van der Waals surface area (Å²) in [5.41, 5.74) is 4.12. The van der Waals surface area contributed by atoms with Crippen molar-refractivity contribution < 1.29 is 4.79 Å². The van der Waals surface area contributed by atoms with Crippen LogP contribution in [-0.4, -0.2) is 11.1 Å². The molecule has 1 fully saturated rings. The molecule has 0 N–H and O–H groups in total. The monoisotopic (exact) mass is 330 g/mol. The highest BCUT2D eigenvalue weighted by Gasteiger charge is 2.42. The molecule has 0 amide bonds. The van der Waals surface area contributed by atoms with Gasteiger partial charge in [0.15, 0.2) is 0 Å². The Kier molecular flexibility index (Phi) is 3.93. The van der Waals surface area contributed by atoms with E-state index < -0.39 is 0 Å². The summed E-state index contributed by atoms with van der Waals surface area (Å²) in [6.07, 6.45) is 19.8. The van der Waals surface area contributed by atoms with Crippen LogP contribution < -0.4 is 0 Å². The number of halogens is 1. The lowest BCUT2D eigenvalue weighted by Crippen LogP contribution is -2.33. The van der Waals surface area contributed by atoms with Crippen molar-refractivity contribution in [3.63, 3.8) is 0 Å². The van der Waals surface area contributed by atoms with Gasteiger partial charge in [0.1, 0.15) is 5.78 Å². The standard InChI is InChI=1S/C18H19BrO/c19-12-4-6-14-5-3-7-15-13-16(20)9-11-18(15)10-2-1-8-17(14)18/h1-3,5-8H,4,9-13H2. The van der Waals surface area contributed by atoms with Gasteiger partial charge < -0.3 is 0 Å². The van der Waals surface area contributed by atoms with Crippen molar-refractivity contribution in [2.45, 2.75) is 32.1 Å². The summed E-state index contributed by atoms with van der Waals surface area (Å²) in [5.74, 6) is 0.386. The fraction of sp³-hybridized carbons (Fsp3) is 0.389. The minimum Gasteiger partial charge on any atom is -0.299 e. The van der Waals surface area contributed by atoms with Gasteiger partial charge >= 0.3 is 0 Å². The first-order valence-electron chi connectivity index (χ1n) is 7.29. The van der Waals surface area contributed by atoms with E-state index in [2.05, 4.69) is 58.5 Å². The van der Waals surface area contributed by atoms with Crippen molar-refractivity contribution in [2.24, 2.45) is 5.41 Å². The molecule has 104 valence electrons. The van der Waals surface area contributed by atoms with E-state index in [9.17, 15) is 4.79 Å². The number of carbonyl (C=O) groups is 1. The quantitative estimate of drug-likeness (QED) is 0.663. The van der Waals surface area contributed by atoms with Crippen LogP contribution >= 0.6 is 15.9 Å². The van der Waals surface area contributed by atoms with Gasteiger partial charge in [0, 0.05) is 23.6 Å². The Labute approximate surface area is 129 Å². The van der Waals surface area contributed by atoms with Crippen LogP contribution in [0.15, 0.2) is 59.3 Å². The van der Waals surface area contributed by atoms with Gasteiger partial charge in [-0.15, -0.1) is 0 Å². The maximum atomic E-state index is 11.8. The molecule has 1 unspecified atom stereocenters. The maximum Gasteiger partial charge on any atom is 0.137 e. The molecule has 3 aliphatic carbocycles. The van der Waals surface area contributed by atoms with Crippen LogP contribution in [0.25, 0.3) is 0 Å². The Hall–Kier alpha value is -1.15. The van der Waals surface area contributed by atoms with Crippen LogP contribution in [0.4, 0.5) is 0 Å². The van der Waals surface area contributed by atoms with E-state index in [0.717, 1.165) is 24.6 Å². The Bertz CT molecular complexity index is 574. The minimum absolute atomic E-state index is 0.0737. The molecule has 20 heavy (non-hydrogen) atoms. The third kappa shape index (κ3) is 2.31. The number of allylic oxidation sites excluding steroid dienone is 10.